The first-order valence-electron chi connectivity index (χ1n) is 14.6. The lowest BCUT2D eigenvalue weighted by Crippen LogP contribution is -2.57. The van der Waals surface area contributed by atoms with Crippen molar-refractivity contribution in [3.63, 3.8) is 0 Å². The third-order valence-corrected chi connectivity index (χ3v) is 6.34. The number of nitrogens with two attached hydrogens (primary N) is 2. The molecule has 0 unspecified atom stereocenters. The van der Waals surface area contributed by atoms with Crippen molar-refractivity contribution in [2.24, 2.45) is 17.4 Å². The van der Waals surface area contributed by atoms with Crippen LogP contribution < -0.4 is 38.1 Å². The van der Waals surface area contributed by atoms with Gasteiger partial charge in [-0.15, -0.1) is 0 Å². The Morgan fingerprint density at radius 2 is 1.30 bits per heavy atom. The fraction of sp³-hybridized carbons (Fsp3) is 0.586. The summed E-state index contributed by atoms with van der Waals surface area (Å²) in [5, 5.41) is 22.2. The Bertz CT molecular complexity index is 1050. The van der Waals surface area contributed by atoms with Crippen molar-refractivity contribution in [2.75, 3.05) is 26.2 Å². The number of nitrogens with one attached hydrogen (secondary N) is 5. The van der Waals surface area contributed by atoms with E-state index < -0.39 is 54.3 Å². The molecule has 0 aliphatic heterocycles. The molecule has 3 atom stereocenters. The molecule has 0 spiro atoms. The Morgan fingerprint density at radius 1 is 0.721 bits per heavy atom. The number of unbranched alkanes of at least 4 members (excludes halogenated alkanes) is 1. The maximum Gasteiger partial charge on any atom is 0.326 e. The third kappa shape index (κ3) is 16.3. The molecule has 0 heterocycles. The molecule has 240 valence electrons. The van der Waals surface area contributed by atoms with Crippen LogP contribution in [0, 0.1) is 5.92 Å². The molecule has 14 nitrogen and oxygen atoms in total. The van der Waals surface area contributed by atoms with Gasteiger partial charge in [-0.3, -0.25) is 24.0 Å². The Labute approximate surface area is 252 Å². The molecule has 1 aromatic carbocycles. The Hall–Kier alpha value is -4.04. The Kier molecular flexibility index (Phi) is 17.9. The van der Waals surface area contributed by atoms with Crippen molar-refractivity contribution in [3.8, 4) is 0 Å². The zero-order valence-electron chi connectivity index (χ0n) is 25.0. The summed E-state index contributed by atoms with van der Waals surface area (Å²) >= 11 is 0. The smallest absolute Gasteiger partial charge is 0.326 e. The summed E-state index contributed by atoms with van der Waals surface area (Å²) in [6, 6.07) is 5.61. The molecule has 1 aromatic rings. The second-order valence-electron chi connectivity index (χ2n) is 10.6. The van der Waals surface area contributed by atoms with E-state index in [1.165, 1.54) is 0 Å². The molecule has 10 N–H and O–H groups in total. The molecule has 0 saturated heterocycles. The van der Waals surface area contributed by atoms with E-state index >= 15 is 0 Å². The number of carboxylic acid groups (broad SMARTS) is 1. The molecule has 1 rings (SSSR count). The quantitative estimate of drug-likeness (QED) is 0.0794. The normalized spacial score (nSPS) is 12.9. The Balaban J connectivity index is 2.93. The molecule has 0 bridgehead atoms. The van der Waals surface area contributed by atoms with E-state index in [2.05, 4.69) is 26.6 Å². The summed E-state index contributed by atoms with van der Waals surface area (Å²) in [6.07, 6.45) is 2.30. The van der Waals surface area contributed by atoms with Crippen LogP contribution in [0.2, 0.25) is 0 Å². The standard InChI is InChI=1S/C29H47N7O7/c1-19(2)15-22(27(40)35-21(29(42)43)11-6-7-13-30)36-28(41)23(16-20-9-4-3-5-10-20)34-26(39)18-33-25(38)17-32-24(37)12-8-14-31/h3-5,9-10,19,21-23H,6-8,11-18,30-31H2,1-2H3,(H,32,37)(H,33,38)(H,34,39)(H,35,40)(H,36,41)(H,42,43)/t21-,22-,23-/m0/s1. The molecule has 0 aliphatic rings. The van der Waals surface area contributed by atoms with Crippen molar-refractivity contribution in [2.45, 2.75) is 76.9 Å². The molecular weight excluding hydrogens is 558 g/mol. The van der Waals surface area contributed by atoms with E-state index in [1.54, 1.807) is 30.3 Å². The Morgan fingerprint density at radius 3 is 1.91 bits per heavy atom. The largest absolute Gasteiger partial charge is 0.480 e. The number of hydrogen-bond acceptors (Lipinski definition) is 8. The van der Waals surface area contributed by atoms with Crippen LogP contribution in [-0.4, -0.2) is 84.9 Å². The predicted octanol–water partition coefficient (Wildman–Crippen LogP) is -1.09. The minimum Gasteiger partial charge on any atom is -0.480 e. The molecule has 0 aromatic heterocycles. The first-order chi connectivity index (χ1) is 20.5. The highest BCUT2D eigenvalue weighted by Gasteiger charge is 2.30. The number of carbonyl (C=O) groups excluding carboxylic acids is 5. The van der Waals surface area contributed by atoms with Crippen LogP contribution in [-0.2, 0) is 35.2 Å². The summed E-state index contributed by atoms with van der Waals surface area (Å²) in [6.45, 7) is 3.69. The summed E-state index contributed by atoms with van der Waals surface area (Å²) in [5.41, 5.74) is 11.6. The van der Waals surface area contributed by atoms with Gasteiger partial charge in [-0.05, 0) is 56.7 Å². The number of carbonyl (C=O) groups is 6. The average molecular weight is 606 g/mol. The average Bonchev–Trinajstić information content (AvgIpc) is 2.96. The highest BCUT2D eigenvalue weighted by atomic mass is 16.4. The minimum atomic E-state index is -1.19. The fourth-order valence-corrected chi connectivity index (χ4v) is 4.07. The van der Waals surface area contributed by atoms with Crippen molar-refractivity contribution in [1.29, 1.82) is 0 Å². The van der Waals surface area contributed by atoms with Gasteiger partial charge >= 0.3 is 5.97 Å². The SMILES string of the molecule is CC(C)C[C@H](NC(=O)[C@H](Cc1ccccc1)NC(=O)CNC(=O)CNC(=O)CCCN)C(=O)N[C@@H](CCCCN)C(=O)O. The lowest BCUT2D eigenvalue weighted by atomic mass is 10.0. The number of hydrogen-bond donors (Lipinski definition) is 8. The first-order valence-corrected chi connectivity index (χ1v) is 14.6. The molecule has 0 radical (unpaired) electrons. The van der Waals surface area contributed by atoms with Crippen molar-refractivity contribution < 1.29 is 33.9 Å². The molecular formula is C29H47N7O7. The summed E-state index contributed by atoms with van der Waals surface area (Å²) in [5.74, 6) is -4.09. The highest BCUT2D eigenvalue weighted by Crippen LogP contribution is 2.09. The van der Waals surface area contributed by atoms with Gasteiger partial charge in [0.25, 0.3) is 0 Å². The van der Waals surface area contributed by atoms with E-state index in [4.69, 9.17) is 11.5 Å². The maximum absolute atomic E-state index is 13.4. The van der Waals surface area contributed by atoms with Gasteiger partial charge in [0.05, 0.1) is 13.1 Å². The third-order valence-electron chi connectivity index (χ3n) is 6.34. The maximum atomic E-state index is 13.4. The number of carboxylic acids is 1. The number of amides is 5. The highest BCUT2D eigenvalue weighted by molar-refractivity contribution is 5.94. The molecule has 0 aliphatic carbocycles. The van der Waals surface area contributed by atoms with Crippen LogP contribution >= 0.6 is 0 Å². The van der Waals surface area contributed by atoms with Gasteiger partial charge in [-0.25, -0.2) is 4.79 Å². The molecule has 5 amide bonds. The molecule has 0 fully saturated rings. The first kappa shape index (κ1) is 37.0. The summed E-state index contributed by atoms with van der Waals surface area (Å²) in [4.78, 5) is 74.7. The van der Waals surface area contributed by atoms with E-state index in [0.29, 0.717) is 32.4 Å². The second-order valence-corrected chi connectivity index (χ2v) is 10.6. The molecule has 43 heavy (non-hydrogen) atoms. The fourth-order valence-electron chi connectivity index (χ4n) is 4.07. The van der Waals surface area contributed by atoms with Crippen LogP contribution in [0.15, 0.2) is 30.3 Å². The topological polar surface area (TPSA) is 235 Å². The van der Waals surface area contributed by atoms with E-state index in [0.717, 1.165) is 5.56 Å². The lowest BCUT2D eigenvalue weighted by molar-refractivity contribution is -0.142. The number of benzene rings is 1. The van der Waals surface area contributed by atoms with Gasteiger partial charge in [-0.1, -0.05) is 44.2 Å². The molecule has 0 saturated carbocycles. The van der Waals surface area contributed by atoms with E-state index in [9.17, 15) is 33.9 Å². The van der Waals surface area contributed by atoms with Crippen molar-refractivity contribution in [1.82, 2.24) is 26.6 Å². The zero-order chi connectivity index (χ0) is 32.2. The van der Waals surface area contributed by atoms with Crippen LogP contribution in [0.4, 0.5) is 0 Å². The minimum absolute atomic E-state index is 0.0234. The van der Waals surface area contributed by atoms with Gasteiger partial charge in [-0.2, -0.15) is 0 Å². The summed E-state index contributed by atoms with van der Waals surface area (Å²) in [7, 11) is 0. The van der Waals surface area contributed by atoms with Crippen molar-refractivity contribution >= 4 is 35.5 Å². The second kappa shape index (κ2) is 20.8. The lowest BCUT2D eigenvalue weighted by Gasteiger charge is -2.25. The predicted molar refractivity (Wildman–Crippen MR) is 160 cm³/mol. The zero-order valence-corrected chi connectivity index (χ0v) is 25.0. The van der Waals surface area contributed by atoms with Crippen molar-refractivity contribution in [3.05, 3.63) is 35.9 Å². The summed E-state index contributed by atoms with van der Waals surface area (Å²) < 4.78 is 0. The van der Waals surface area contributed by atoms with Gasteiger partial charge in [0.1, 0.15) is 18.1 Å². The van der Waals surface area contributed by atoms with Gasteiger partial charge < -0.3 is 43.2 Å². The van der Waals surface area contributed by atoms with Crippen LogP contribution in [0.5, 0.6) is 0 Å². The molecule has 14 heteroatoms. The van der Waals surface area contributed by atoms with E-state index in [1.807, 2.05) is 13.8 Å². The van der Waals surface area contributed by atoms with Gasteiger partial charge in [0, 0.05) is 12.8 Å². The monoisotopic (exact) mass is 605 g/mol. The number of aliphatic carboxylic acids is 1. The van der Waals surface area contributed by atoms with Gasteiger partial charge in [0.15, 0.2) is 0 Å². The van der Waals surface area contributed by atoms with Gasteiger partial charge in [0.2, 0.25) is 29.5 Å². The number of rotatable bonds is 21. The van der Waals surface area contributed by atoms with Crippen LogP contribution in [0.1, 0.15) is 57.9 Å². The van der Waals surface area contributed by atoms with Crippen LogP contribution in [0.3, 0.4) is 0 Å². The van der Waals surface area contributed by atoms with E-state index in [-0.39, 0.29) is 44.1 Å². The van der Waals surface area contributed by atoms with Crippen LogP contribution in [0.25, 0.3) is 0 Å².